The lowest BCUT2D eigenvalue weighted by Gasteiger charge is -2.30. The first-order valence-electron chi connectivity index (χ1n) is 10.0. The van der Waals surface area contributed by atoms with E-state index in [9.17, 15) is 9.59 Å². The zero-order valence-corrected chi connectivity index (χ0v) is 19.5. The summed E-state index contributed by atoms with van der Waals surface area (Å²) in [5.74, 6) is -0.508. The number of amides is 2. The SMILES string of the molecule is CON(C)C(=O)c1ccc(C2(NC(=O)c3cc4c(Cl)c(Cl)ccc4n3C)CCOC2)cc1. The first-order chi connectivity index (χ1) is 15.3. The monoisotopic (exact) mass is 475 g/mol. The zero-order valence-electron chi connectivity index (χ0n) is 17.9. The number of aromatic nitrogens is 1. The number of hydrogen-bond acceptors (Lipinski definition) is 4. The molecule has 0 spiro atoms. The Morgan fingerprint density at radius 2 is 1.91 bits per heavy atom. The Kier molecular flexibility index (Phi) is 6.18. The van der Waals surface area contributed by atoms with E-state index in [-0.39, 0.29) is 11.8 Å². The highest BCUT2D eigenvalue weighted by molar-refractivity contribution is 6.45. The van der Waals surface area contributed by atoms with Gasteiger partial charge in [-0.3, -0.25) is 14.4 Å². The Morgan fingerprint density at radius 1 is 1.19 bits per heavy atom. The molecule has 1 atom stereocenters. The van der Waals surface area contributed by atoms with Crippen LogP contribution in [-0.2, 0) is 22.2 Å². The minimum Gasteiger partial charge on any atom is -0.379 e. The maximum absolute atomic E-state index is 13.3. The lowest BCUT2D eigenvalue weighted by Crippen LogP contribution is -2.47. The maximum Gasteiger partial charge on any atom is 0.277 e. The quantitative estimate of drug-likeness (QED) is 0.562. The van der Waals surface area contributed by atoms with Gasteiger partial charge in [-0.1, -0.05) is 35.3 Å². The summed E-state index contributed by atoms with van der Waals surface area (Å²) in [6.45, 7) is 0.852. The van der Waals surface area contributed by atoms with Crippen molar-refractivity contribution in [1.82, 2.24) is 14.9 Å². The fourth-order valence-corrected chi connectivity index (χ4v) is 4.39. The number of carbonyl (C=O) groups excluding carboxylic acids is 2. The fourth-order valence-electron chi connectivity index (χ4n) is 4.01. The summed E-state index contributed by atoms with van der Waals surface area (Å²) >= 11 is 12.5. The highest BCUT2D eigenvalue weighted by Crippen LogP contribution is 2.34. The van der Waals surface area contributed by atoms with Crippen molar-refractivity contribution in [3.05, 3.63) is 69.3 Å². The van der Waals surface area contributed by atoms with Crippen molar-refractivity contribution in [3.63, 3.8) is 0 Å². The molecule has 1 aromatic heterocycles. The van der Waals surface area contributed by atoms with Crippen LogP contribution in [0.2, 0.25) is 10.0 Å². The topological polar surface area (TPSA) is 72.8 Å². The van der Waals surface area contributed by atoms with Gasteiger partial charge in [0.1, 0.15) is 5.69 Å². The van der Waals surface area contributed by atoms with Crippen molar-refractivity contribution in [1.29, 1.82) is 0 Å². The minimum absolute atomic E-state index is 0.249. The molecule has 2 heterocycles. The highest BCUT2D eigenvalue weighted by Gasteiger charge is 2.39. The van der Waals surface area contributed by atoms with Crippen molar-refractivity contribution in [2.24, 2.45) is 7.05 Å². The maximum atomic E-state index is 13.3. The number of hydrogen-bond donors (Lipinski definition) is 1. The molecular formula is C23H23Cl2N3O4. The van der Waals surface area contributed by atoms with Crippen molar-refractivity contribution in [2.75, 3.05) is 27.4 Å². The van der Waals surface area contributed by atoms with Crippen molar-refractivity contribution >= 4 is 45.9 Å². The highest BCUT2D eigenvalue weighted by atomic mass is 35.5. The summed E-state index contributed by atoms with van der Waals surface area (Å²) < 4.78 is 7.44. The number of ether oxygens (including phenoxy) is 1. The number of aryl methyl sites for hydroxylation is 1. The molecule has 1 aliphatic rings. The van der Waals surface area contributed by atoms with E-state index >= 15 is 0 Å². The number of benzene rings is 2. The molecular weight excluding hydrogens is 453 g/mol. The third-order valence-corrected chi connectivity index (χ3v) is 6.78. The molecule has 0 bridgehead atoms. The molecule has 1 aliphatic heterocycles. The normalized spacial score (nSPS) is 18.2. The summed E-state index contributed by atoms with van der Waals surface area (Å²) in [6, 6.07) is 12.4. The number of rotatable bonds is 5. The summed E-state index contributed by atoms with van der Waals surface area (Å²) in [4.78, 5) is 30.6. The van der Waals surface area contributed by atoms with Gasteiger partial charge in [0.25, 0.3) is 11.8 Å². The average molecular weight is 476 g/mol. The number of fused-ring (bicyclic) bond motifs is 1. The van der Waals surface area contributed by atoms with Crippen LogP contribution in [0.5, 0.6) is 0 Å². The lowest BCUT2D eigenvalue weighted by atomic mass is 9.88. The fraction of sp³-hybridized carbons (Fsp3) is 0.304. The molecule has 3 aromatic rings. The summed E-state index contributed by atoms with van der Waals surface area (Å²) in [6.07, 6.45) is 0.612. The van der Waals surface area contributed by atoms with E-state index in [0.29, 0.717) is 46.3 Å². The minimum atomic E-state index is -0.705. The molecule has 1 fully saturated rings. The Hall–Kier alpha value is -2.58. The van der Waals surface area contributed by atoms with Crippen LogP contribution in [0.4, 0.5) is 0 Å². The second-order valence-corrected chi connectivity index (χ2v) is 8.57. The van der Waals surface area contributed by atoms with Crippen LogP contribution < -0.4 is 5.32 Å². The molecule has 1 unspecified atom stereocenters. The smallest absolute Gasteiger partial charge is 0.277 e. The van der Waals surface area contributed by atoms with E-state index in [4.69, 9.17) is 32.8 Å². The van der Waals surface area contributed by atoms with E-state index in [1.807, 2.05) is 25.2 Å². The Labute approximate surface area is 195 Å². The zero-order chi connectivity index (χ0) is 23.0. The Morgan fingerprint density at radius 3 is 2.53 bits per heavy atom. The number of nitrogens with one attached hydrogen (secondary N) is 1. The predicted molar refractivity (Wildman–Crippen MR) is 123 cm³/mol. The molecule has 168 valence electrons. The third-order valence-electron chi connectivity index (χ3n) is 5.96. The Bertz CT molecular complexity index is 1180. The van der Waals surface area contributed by atoms with Gasteiger partial charge in [0, 0.05) is 43.6 Å². The van der Waals surface area contributed by atoms with E-state index in [0.717, 1.165) is 16.1 Å². The molecule has 1 saturated heterocycles. The average Bonchev–Trinajstić information content (AvgIpc) is 3.41. The first-order valence-corrected chi connectivity index (χ1v) is 10.8. The van der Waals surface area contributed by atoms with E-state index in [1.165, 1.54) is 7.11 Å². The molecule has 4 rings (SSSR count). The van der Waals surface area contributed by atoms with Gasteiger partial charge < -0.3 is 14.6 Å². The van der Waals surface area contributed by atoms with Gasteiger partial charge in [-0.25, -0.2) is 5.06 Å². The Balaban J connectivity index is 1.65. The standard InChI is InChI=1S/C23H23Cl2N3O4/c1-27-18-9-8-17(24)20(25)16(18)12-19(27)21(29)26-23(10-11-32-13-23)15-6-4-14(5-7-15)22(30)28(2)31-3/h4-9,12H,10-11,13H2,1-3H3,(H,26,29). The van der Waals surface area contributed by atoms with Crippen LogP contribution in [0.1, 0.15) is 32.8 Å². The van der Waals surface area contributed by atoms with Gasteiger partial charge in [0.2, 0.25) is 0 Å². The van der Waals surface area contributed by atoms with Gasteiger partial charge in [-0.2, -0.15) is 0 Å². The molecule has 9 heteroatoms. The van der Waals surface area contributed by atoms with Gasteiger partial charge in [-0.05, 0) is 35.9 Å². The molecule has 2 aromatic carbocycles. The summed E-state index contributed by atoms with van der Waals surface area (Å²) in [5, 5.41) is 5.89. The second-order valence-electron chi connectivity index (χ2n) is 7.78. The molecule has 0 radical (unpaired) electrons. The largest absolute Gasteiger partial charge is 0.379 e. The number of nitrogens with zero attached hydrogens (tertiary/aromatic N) is 2. The third kappa shape index (κ3) is 3.86. The van der Waals surface area contributed by atoms with Gasteiger partial charge in [0.15, 0.2) is 0 Å². The van der Waals surface area contributed by atoms with E-state index < -0.39 is 5.54 Å². The van der Waals surface area contributed by atoms with Crippen LogP contribution in [0.25, 0.3) is 10.9 Å². The van der Waals surface area contributed by atoms with Crippen LogP contribution in [-0.4, -0.2) is 48.8 Å². The molecule has 0 saturated carbocycles. The van der Waals surface area contributed by atoms with Crippen LogP contribution in [0.15, 0.2) is 42.5 Å². The predicted octanol–water partition coefficient (Wildman–Crippen LogP) is 4.16. The van der Waals surface area contributed by atoms with Gasteiger partial charge >= 0.3 is 0 Å². The lowest BCUT2D eigenvalue weighted by molar-refractivity contribution is -0.0757. The van der Waals surface area contributed by atoms with Crippen LogP contribution in [0.3, 0.4) is 0 Å². The van der Waals surface area contributed by atoms with Crippen LogP contribution in [0, 0.1) is 0 Å². The van der Waals surface area contributed by atoms with Gasteiger partial charge in [0.05, 0.1) is 29.3 Å². The van der Waals surface area contributed by atoms with Crippen molar-refractivity contribution in [3.8, 4) is 0 Å². The molecule has 7 nitrogen and oxygen atoms in total. The number of halogens is 2. The van der Waals surface area contributed by atoms with Crippen molar-refractivity contribution < 1.29 is 19.2 Å². The first kappa shape index (κ1) is 22.6. The molecule has 2 amide bonds. The summed E-state index contributed by atoms with van der Waals surface area (Å²) in [5.41, 5.74) is 1.91. The van der Waals surface area contributed by atoms with E-state index in [2.05, 4.69) is 5.32 Å². The molecule has 0 aliphatic carbocycles. The second kappa shape index (κ2) is 8.75. The van der Waals surface area contributed by atoms with Crippen LogP contribution >= 0.6 is 23.2 Å². The molecule has 32 heavy (non-hydrogen) atoms. The number of carbonyl (C=O) groups is 2. The summed E-state index contributed by atoms with van der Waals surface area (Å²) in [7, 11) is 4.79. The van der Waals surface area contributed by atoms with Crippen molar-refractivity contribution in [2.45, 2.75) is 12.0 Å². The van der Waals surface area contributed by atoms with Gasteiger partial charge in [-0.15, -0.1) is 0 Å². The molecule has 1 N–H and O–H groups in total. The number of hydroxylamine groups is 2. The van der Waals surface area contributed by atoms with E-state index in [1.54, 1.807) is 35.9 Å².